The number of carbonyl (C=O) groups is 2. The predicted molar refractivity (Wildman–Crippen MR) is 124 cm³/mol. The van der Waals surface area contributed by atoms with Crippen LogP contribution in [0, 0.1) is 23.2 Å². The number of Topliss-reactive ketones (excluding diaryl/α,β-unsaturated/α-hetero) is 1. The maximum Gasteiger partial charge on any atom is 0.223 e. The summed E-state index contributed by atoms with van der Waals surface area (Å²) in [4.78, 5) is 25.9. The summed E-state index contributed by atoms with van der Waals surface area (Å²) in [7, 11) is 0. The van der Waals surface area contributed by atoms with Gasteiger partial charge in [0.25, 0.3) is 0 Å². The van der Waals surface area contributed by atoms with E-state index in [-0.39, 0.29) is 23.2 Å². The number of fused-ring (bicyclic) bond motifs is 5. The normalized spacial score (nSPS) is 30.8. The lowest BCUT2D eigenvalue weighted by Crippen LogP contribution is -2.46. The first-order valence-corrected chi connectivity index (χ1v) is 12.1. The predicted octanol–water partition coefficient (Wildman–Crippen LogP) is 5.05. The zero-order valence-electron chi connectivity index (χ0n) is 19.1. The van der Waals surface area contributed by atoms with Crippen molar-refractivity contribution in [1.82, 2.24) is 5.32 Å². The number of benzene rings is 2. The van der Waals surface area contributed by atoms with Crippen LogP contribution in [0.1, 0.15) is 62.1 Å². The molecule has 4 nitrogen and oxygen atoms in total. The fourth-order valence-electron chi connectivity index (χ4n) is 6.83. The summed E-state index contributed by atoms with van der Waals surface area (Å²) >= 11 is 0. The lowest BCUT2D eigenvalue weighted by molar-refractivity contribution is -0.130. The Morgan fingerprint density at radius 3 is 2.75 bits per heavy atom. The maximum absolute atomic E-state index is 13.0. The number of hydrogen-bond donors (Lipinski definition) is 1. The molecule has 0 spiro atoms. The molecule has 0 aromatic heterocycles. The van der Waals surface area contributed by atoms with Crippen LogP contribution in [0.2, 0.25) is 0 Å². The number of carbonyl (C=O) groups excluding carboxylic acids is 2. The van der Waals surface area contributed by atoms with Crippen molar-refractivity contribution in [2.75, 3.05) is 6.54 Å². The lowest BCUT2D eigenvalue weighted by atomic mass is 9.54. The molecule has 0 heterocycles. The smallest absolute Gasteiger partial charge is 0.223 e. The minimum Gasteiger partial charge on any atom is -0.489 e. The molecule has 168 valence electrons. The molecule has 2 aromatic rings. The molecule has 3 aliphatic rings. The number of rotatable bonds is 5. The third-order valence-corrected chi connectivity index (χ3v) is 8.36. The van der Waals surface area contributed by atoms with Crippen LogP contribution >= 0.6 is 0 Å². The van der Waals surface area contributed by atoms with Crippen LogP contribution < -0.4 is 10.1 Å². The Morgan fingerprint density at radius 2 is 1.97 bits per heavy atom. The zero-order chi connectivity index (χ0) is 22.3. The lowest BCUT2D eigenvalue weighted by Gasteiger charge is -2.49. The largest absolute Gasteiger partial charge is 0.489 e. The Bertz CT molecular complexity index is 1020. The molecule has 0 radical (unpaired) electrons. The van der Waals surface area contributed by atoms with Gasteiger partial charge in [-0.15, -0.1) is 0 Å². The highest BCUT2D eigenvalue weighted by Crippen LogP contribution is 2.61. The Balaban J connectivity index is 1.38. The number of hydrogen-bond acceptors (Lipinski definition) is 3. The van der Waals surface area contributed by atoms with Crippen molar-refractivity contribution in [2.24, 2.45) is 23.2 Å². The summed E-state index contributed by atoms with van der Waals surface area (Å²) < 4.78 is 6.07. The summed E-state index contributed by atoms with van der Waals surface area (Å²) in [5, 5.41) is 3.00. The van der Waals surface area contributed by atoms with Crippen LogP contribution in [0.5, 0.6) is 5.75 Å². The molecule has 0 aliphatic heterocycles. The Morgan fingerprint density at radius 1 is 1.16 bits per heavy atom. The van der Waals surface area contributed by atoms with Gasteiger partial charge in [0.15, 0.2) is 0 Å². The van der Waals surface area contributed by atoms with Crippen molar-refractivity contribution in [3.05, 3.63) is 65.2 Å². The molecule has 2 fully saturated rings. The van der Waals surface area contributed by atoms with Gasteiger partial charge in [-0.3, -0.25) is 9.59 Å². The zero-order valence-corrected chi connectivity index (χ0v) is 19.1. The Kier molecular flexibility index (Phi) is 5.56. The van der Waals surface area contributed by atoms with E-state index in [9.17, 15) is 9.59 Å². The van der Waals surface area contributed by atoms with Gasteiger partial charge < -0.3 is 10.1 Å². The standard InChI is InChI=1S/C28H33NO3/c1-3-29-27(31)24-16-25(30)28(2)14-13-22-21-12-10-20(32-17-18-7-5-4-6-8-18)15-19(21)9-11-23(22)26(24)28/h4-8,10,12,15,22-24,26H,3,9,11,13-14,16-17H2,1-2H3,(H,29,31)/t22-,23-,24+,26-,28-/m1/s1. The minimum atomic E-state index is -0.340. The molecule has 0 unspecified atom stereocenters. The second-order valence-electron chi connectivity index (χ2n) is 10.1. The fraction of sp³-hybridized carbons (Fsp3) is 0.500. The average molecular weight is 432 g/mol. The van der Waals surface area contributed by atoms with Gasteiger partial charge in [0.05, 0.1) is 0 Å². The highest BCUT2D eigenvalue weighted by Gasteiger charge is 2.60. The van der Waals surface area contributed by atoms with Gasteiger partial charge in [0.1, 0.15) is 18.1 Å². The first-order valence-electron chi connectivity index (χ1n) is 12.1. The van der Waals surface area contributed by atoms with Crippen LogP contribution in [-0.4, -0.2) is 18.2 Å². The Hall–Kier alpha value is -2.62. The molecule has 3 aliphatic carbocycles. The number of ether oxygens (including phenoxy) is 1. The molecule has 5 rings (SSSR count). The van der Waals surface area contributed by atoms with Crippen LogP contribution in [-0.2, 0) is 22.6 Å². The van der Waals surface area contributed by atoms with Crippen molar-refractivity contribution < 1.29 is 14.3 Å². The maximum atomic E-state index is 13.0. The summed E-state index contributed by atoms with van der Waals surface area (Å²) in [5.74, 6) is 2.11. The minimum absolute atomic E-state index is 0.0747. The second-order valence-corrected chi connectivity index (χ2v) is 10.1. The molecule has 0 bridgehead atoms. The van der Waals surface area contributed by atoms with E-state index in [2.05, 4.69) is 42.6 Å². The van der Waals surface area contributed by atoms with Crippen LogP contribution in [0.25, 0.3) is 0 Å². The summed E-state index contributed by atoms with van der Waals surface area (Å²) in [6.45, 7) is 5.27. The van der Waals surface area contributed by atoms with Crippen LogP contribution in [0.3, 0.4) is 0 Å². The molecule has 1 N–H and O–H groups in total. The quantitative estimate of drug-likeness (QED) is 0.720. The van der Waals surface area contributed by atoms with Gasteiger partial charge in [-0.05, 0) is 79.2 Å². The Labute approximate surface area is 190 Å². The number of amides is 1. The fourth-order valence-corrected chi connectivity index (χ4v) is 6.83. The first-order chi connectivity index (χ1) is 15.5. The number of aryl methyl sites for hydroxylation is 1. The number of nitrogens with one attached hydrogen (secondary N) is 1. The van der Waals surface area contributed by atoms with Crippen molar-refractivity contribution in [3.63, 3.8) is 0 Å². The van der Waals surface area contributed by atoms with Gasteiger partial charge in [-0.1, -0.05) is 43.3 Å². The molecule has 2 saturated carbocycles. The molecule has 5 atom stereocenters. The van der Waals surface area contributed by atoms with Gasteiger partial charge in [0, 0.05) is 24.3 Å². The molecule has 4 heteroatoms. The van der Waals surface area contributed by atoms with E-state index in [4.69, 9.17) is 4.74 Å². The third kappa shape index (κ3) is 3.54. The SMILES string of the molecule is CCNC(=O)[C@H]1CC(=O)[C@@]2(C)CC[C@@H]3c4ccc(OCc5ccccc5)cc4CC[C@H]3[C@H]12. The molecule has 1 amide bonds. The van der Waals surface area contributed by atoms with Crippen molar-refractivity contribution in [3.8, 4) is 5.75 Å². The van der Waals surface area contributed by atoms with Gasteiger partial charge in [-0.25, -0.2) is 0 Å². The topological polar surface area (TPSA) is 55.4 Å². The summed E-state index contributed by atoms with van der Waals surface area (Å²) in [6.07, 6.45) is 4.36. The first kappa shape index (κ1) is 21.2. The number of ketones is 1. The molecule has 32 heavy (non-hydrogen) atoms. The third-order valence-electron chi connectivity index (χ3n) is 8.36. The molecule has 2 aromatic carbocycles. The van der Waals surface area contributed by atoms with Crippen molar-refractivity contribution in [1.29, 1.82) is 0 Å². The van der Waals surface area contributed by atoms with E-state index in [1.807, 2.05) is 25.1 Å². The summed E-state index contributed by atoms with van der Waals surface area (Å²) in [6, 6.07) is 16.8. The molecular formula is C28H33NO3. The van der Waals surface area contributed by atoms with Crippen LogP contribution in [0.4, 0.5) is 0 Å². The van der Waals surface area contributed by atoms with Crippen molar-refractivity contribution in [2.45, 2.75) is 58.5 Å². The van der Waals surface area contributed by atoms with Crippen molar-refractivity contribution >= 4 is 11.7 Å². The monoisotopic (exact) mass is 431 g/mol. The van der Waals surface area contributed by atoms with E-state index in [1.54, 1.807) is 0 Å². The van der Waals surface area contributed by atoms with Gasteiger partial charge in [-0.2, -0.15) is 0 Å². The van der Waals surface area contributed by atoms with E-state index < -0.39 is 0 Å². The summed E-state index contributed by atoms with van der Waals surface area (Å²) in [5.41, 5.74) is 3.61. The van der Waals surface area contributed by atoms with Crippen LogP contribution in [0.15, 0.2) is 48.5 Å². The molecule has 0 saturated heterocycles. The molecular weight excluding hydrogens is 398 g/mol. The van der Waals surface area contributed by atoms with E-state index in [0.717, 1.165) is 31.4 Å². The van der Waals surface area contributed by atoms with Gasteiger partial charge >= 0.3 is 0 Å². The van der Waals surface area contributed by atoms with E-state index >= 15 is 0 Å². The highest BCUT2D eigenvalue weighted by atomic mass is 16.5. The second kappa shape index (κ2) is 8.38. The van der Waals surface area contributed by atoms with E-state index in [1.165, 1.54) is 16.7 Å². The average Bonchev–Trinajstić information content (AvgIpc) is 3.09. The van der Waals surface area contributed by atoms with E-state index in [0.29, 0.717) is 37.2 Å². The highest BCUT2D eigenvalue weighted by molar-refractivity contribution is 5.94. The van der Waals surface area contributed by atoms with Gasteiger partial charge in [0.2, 0.25) is 5.91 Å².